The van der Waals surface area contributed by atoms with Gasteiger partial charge in [0.1, 0.15) is 11.4 Å². The second-order valence-corrected chi connectivity index (χ2v) is 5.82. The van der Waals surface area contributed by atoms with Crippen molar-refractivity contribution in [3.05, 3.63) is 59.9 Å². The summed E-state index contributed by atoms with van der Waals surface area (Å²) in [6.07, 6.45) is 2.00. The van der Waals surface area contributed by atoms with E-state index in [4.69, 9.17) is 4.74 Å². The highest BCUT2D eigenvalue weighted by Gasteiger charge is 2.13. The average molecular weight is 345 g/mol. The van der Waals surface area contributed by atoms with Crippen molar-refractivity contribution >= 4 is 21.6 Å². The lowest BCUT2D eigenvalue weighted by atomic mass is 10.0. The fraction of sp³-hybridized carbons (Fsp3) is 0.235. The summed E-state index contributed by atoms with van der Waals surface area (Å²) < 4.78 is 8.05. The van der Waals surface area contributed by atoms with Gasteiger partial charge in [-0.2, -0.15) is 4.98 Å². The van der Waals surface area contributed by atoms with Gasteiger partial charge in [-0.25, -0.2) is 0 Å². The molecule has 2 aromatic heterocycles. The van der Waals surface area contributed by atoms with Crippen molar-refractivity contribution in [2.75, 3.05) is 0 Å². The molecule has 0 bridgehead atoms. The highest BCUT2D eigenvalue weighted by atomic mass is 79.9. The molecule has 0 atom stereocenters. The molecule has 3 aromatic rings. The number of ether oxygens (including phenoxy) is 1. The summed E-state index contributed by atoms with van der Waals surface area (Å²) in [6.45, 7) is 4.35. The topological polar surface area (TPSA) is 26.5 Å². The standard InChI is InChI=1S/C17H17BrN2O/c1-12(2)13-6-5-7-14(10-13)21-17-15(11-18)20-9-4-3-8-16(20)19-17/h3-10,12H,11H2,1-2H3. The molecule has 0 spiro atoms. The second kappa shape index (κ2) is 5.90. The van der Waals surface area contributed by atoms with Gasteiger partial charge in [-0.1, -0.05) is 48.0 Å². The molecule has 0 saturated carbocycles. The molecule has 0 aliphatic rings. The molecule has 3 rings (SSSR count). The molecular weight excluding hydrogens is 328 g/mol. The predicted octanol–water partition coefficient (Wildman–Crippen LogP) is 5.14. The van der Waals surface area contributed by atoms with Gasteiger partial charge in [-0.15, -0.1) is 0 Å². The number of alkyl halides is 1. The molecule has 2 heterocycles. The van der Waals surface area contributed by atoms with Crippen LogP contribution in [0.25, 0.3) is 5.65 Å². The number of benzene rings is 1. The summed E-state index contributed by atoms with van der Waals surface area (Å²) in [7, 11) is 0. The van der Waals surface area contributed by atoms with Crippen LogP contribution < -0.4 is 4.74 Å². The first kappa shape index (κ1) is 14.1. The smallest absolute Gasteiger partial charge is 0.242 e. The lowest BCUT2D eigenvalue weighted by molar-refractivity contribution is 0.461. The van der Waals surface area contributed by atoms with Gasteiger partial charge < -0.3 is 4.74 Å². The Hall–Kier alpha value is -1.81. The number of halogens is 1. The van der Waals surface area contributed by atoms with Crippen molar-refractivity contribution < 1.29 is 4.74 Å². The lowest BCUT2D eigenvalue weighted by Crippen LogP contribution is -1.93. The van der Waals surface area contributed by atoms with Gasteiger partial charge in [0.15, 0.2) is 0 Å². The van der Waals surface area contributed by atoms with Gasteiger partial charge in [-0.3, -0.25) is 4.40 Å². The Bertz CT molecular complexity index is 764. The van der Waals surface area contributed by atoms with E-state index in [-0.39, 0.29) is 0 Å². The Morgan fingerprint density at radius 1 is 1.19 bits per heavy atom. The molecule has 0 N–H and O–H groups in total. The van der Waals surface area contributed by atoms with Crippen LogP contribution in [0.4, 0.5) is 0 Å². The largest absolute Gasteiger partial charge is 0.437 e. The van der Waals surface area contributed by atoms with Crippen molar-refractivity contribution in [3.8, 4) is 11.6 Å². The molecule has 0 radical (unpaired) electrons. The fourth-order valence-electron chi connectivity index (χ4n) is 2.28. The van der Waals surface area contributed by atoms with E-state index in [0.29, 0.717) is 17.1 Å². The van der Waals surface area contributed by atoms with E-state index in [1.54, 1.807) is 0 Å². The number of nitrogens with zero attached hydrogens (tertiary/aromatic N) is 2. The Balaban J connectivity index is 2.00. The second-order valence-electron chi connectivity index (χ2n) is 5.26. The van der Waals surface area contributed by atoms with Crippen LogP contribution in [-0.2, 0) is 5.33 Å². The average Bonchev–Trinajstić information content (AvgIpc) is 2.84. The molecule has 4 heteroatoms. The van der Waals surface area contributed by atoms with Crippen LogP contribution in [0.5, 0.6) is 11.6 Å². The van der Waals surface area contributed by atoms with Gasteiger partial charge in [0, 0.05) is 11.5 Å². The van der Waals surface area contributed by atoms with Crippen LogP contribution in [0.15, 0.2) is 48.7 Å². The number of rotatable bonds is 4. The number of pyridine rings is 1. The Morgan fingerprint density at radius 2 is 2.05 bits per heavy atom. The van der Waals surface area contributed by atoms with Crippen LogP contribution in [0, 0.1) is 0 Å². The first-order valence-electron chi connectivity index (χ1n) is 6.99. The van der Waals surface area contributed by atoms with Crippen LogP contribution in [0.2, 0.25) is 0 Å². The maximum Gasteiger partial charge on any atom is 0.242 e. The SMILES string of the molecule is CC(C)c1cccc(Oc2nc3ccccn3c2CBr)c1. The molecule has 3 nitrogen and oxygen atoms in total. The molecule has 0 unspecified atom stereocenters. The summed E-state index contributed by atoms with van der Waals surface area (Å²) >= 11 is 3.52. The Kier molecular flexibility index (Phi) is 3.97. The number of fused-ring (bicyclic) bond motifs is 1. The molecule has 1 aromatic carbocycles. The molecule has 108 valence electrons. The molecule has 0 amide bonds. The van der Waals surface area contributed by atoms with Crippen LogP contribution in [0.1, 0.15) is 31.0 Å². The number of imidazole rings is 1. The fourth-order valence-corrected chi connectivity index (χ4v) is 2.79. The zero-order valence-electron chi connectivity index (χ0n) is 12.1. The monoisotopic (exact) mass is 344 g/mol. The zero-order chi connectivity index (χ0) is 14.8. The first-order chi connectivity index (χ1) is 10.2. The molecule has 0 aliphatic heterocycles. The highest BCUT2D eigenvalue weighted by Crippen LogP contribution is 2.29. The number of hydrogen-bond acceptors (Lipinski definition) is 2. The van der Waals surface area contributed by atoms with E-state index in [0.717, 1.165) is 17.1 Å². The summed E-state index contributed by atoms with van der Waals surface area (Å²) in [5.74, 6) is 1.95. The van der Waals surface area contributed by atoms with E-state index >= 15 is 0 Å². The van der Waals surface area contributed by atoms with Gasteiger partial charge in [0.25, 0.3) is 0 Å². The minimum absolute atomic E-state index is 0.477. The minimum atomic E-state index is 0.477. The summed E-state index contributed by atoms with van der Waals surface area (Å²) in [5, 5.41) is 0.692. The van der Waals surface area contributed by atoms with Crippen molar-refractivity contribution in [2.24, 2.45) is 0 Å². The molecule has 0 saturated heterocycles. The number of hydrogen-bond donors (Lipinski definition) is 0. The van der Waals surface area contributed by atoms with Crippen molar-refractivity contribution in [1.82, 2.24) is 9.38 Å². The summed E-state index contributed by atoms with van der Waals surface area (Å²) in [5.41, 5.74) is 3.17. The lowest BCUT2D eigenvalue weighted by Gasteiger charge is -2.09. The minimum Gasteiger partial charge on any atom is -0.437 e. The van der Waals surface area contributed by atoms with E-state index < -0.39 is 0 Å². The predicted molar refractivity (Wildman–Crippen MR) is 88.4 cm³/mol. The maximum atomic E-state index is 6.01. The van der Waals surface area contributed by atoms with E-state index in [2.05, 4.69) is 46.9 Å². The van der Waals surface area contributed by atoms with Gasteiger partial charge in [0.05, 0.1) is 5.69 Å². The van der Waals surface area contributed by atoms with Crippen molar-refractivity contribution in [1.29, 1.82) is 0 Å². The van der Waals surface area contributed by atoms with Crippen molar-refractivity contribution in [3.63, 3.8) is 0 Å². The number of aromatic nitrogens is 2. The van der Waals surface area contributed by atoms with Crippen LogP contribution >= 0.6 is 15.9 Å². The third-order valence-corrected chi connectivity index (χ3v) is 3.99. The molecule has 0 fully saturated rings. The third kappa shape index (κ3) is 2.81. The quantitative estimate of drug-likeness (QED) is 0.612. The molecule has 0 aliphatic carbocycles. The molecule has 21 heavy (non-hydrogen) atoms. The van der Waals surface area contributed by atoms with Gasteiger partial charge >= 0.3 is 0 Å². The van der Waals surface area contributed by atoms with Crippen molar-refractivity contribution in [2.45, 2.75) is 25.1 Å². The normalized spacial score (nSPS) is 11.2. The van der Waals surface area contributed by atoms with E-state index in [9.17, 15) is 0 Å². The summed E-state index contributed by atoms with van der Waals surface area (Å²) in [6, 6.07) is 14.1. The van der Waals surface area contributed by atoms with Crippen LogP contribution in [0.3, 0.4) is 0 Å². The third-order valence-electron chi connectivity index (χ3n) is 3.46. The highest BCUT2D eigenvalue weighted by molar-refractivity contribution is 9.08. The maximum absolute atomic E-state index is 6.01. The van der Waals surface area contributed by atoms with E-state index in [1.165, 1.54) is 5.56 Å². The van der Waals surface area contributed by atoms with Gasteiger partial charge in [0.2, 0.25) is 5.88 Å². The Morgan fingerprint density at radius 3 is 2.81 bits per heavy atom. The molecular formula is C17H17BrN2O. The van der Waals surface area contributed by atoms with E-state index in [1.807, 2.05) is 40.9 Å². The summed E-state index contributed by atoms with van der Waals surface area (Å²) in [4.78, 5) is 4.56. The Labute approximate surface area is 132 Å². The first-order valence-corrected chi connectivity index (χ1v) is 8.11. The zero-order valence-corrected chi connectivity index (χ0v) is 13.7. The van der Waals surface area contributed by atoms with Crippen LogP contribution in [-0.4, -0.2) is 9.38 Å². The van der Waals surface area contributed by atoms with Gasteiger partial charge in [-0.05, 0) is 35.7 Å².